The molecule has 0 atom stereocenters. The van der Waals surface area contributed by atoms with Gasteiger partial charge in [-0.25, -0.2) is 4.39 Å². The molecule has 1 heterocycles. The maximum atomic E-state index is 13.1. The molecule has 5 heteroatoms. The molecule has 4 nitrogen and oxygen atoms in total. The van der Waals surface area contributed by atoms with Crippen LogP contribution in [-0.4, -0.2) is 30.3 Å². The summed E-state index contributed by atoms with van der Waals surface area (Å²) in [5, 5.41) is 3.17. The molecule has 1 aliphatic heterocycles. The Bertz CT molecular complexity index is 1040. The number of fused-ring (bicyclic) bond motifs is 1. The fraction of sp³-hybridized carbons (Fsp3) is 0.250. The highest BCUT2D eigenvalue weighted by Crippen LogP contribution is 2.40. The topological polar surface area (TPSA) is 49.4 Å². The third-order valence-corrected chi connectivity index (χ3v) is 5.33. The minimum atomic E-state index is -0.316. The summed E-state index contributed by atoms with van der Waals surface area (Å²) in [4.78, 5) is 26.7. The molecule has 0 spiro atoms. The molecule has 29 heavy (non-hydrogen) atoms. The average molecular weight is 392 g/mol. The van der Waals surface area contributed by atoms with E-state index in [0.717, 1.165) is 33.6 Å². The fourth-order valence-corrected chi connectivity index (χ4v) is 3.89. The lowest BCUT2D eigenvalue weighted by Gasteiger charge is -2.11. The van der Waals surface area contributed by atoms with Crippen molar-refractivity contribution in [2.24, 2.45) is 0 Å². The summed E-state index contributed by atoms with van der Waals surface area (Å²) in [6.07, 6.45) is 1.40. The molecule has 4 rings (SSSR count). The number of nitrogens with one attached hydrogen (secondary N) is 1. The lowest BCUT2D eigenvalue weighted by atomic mass is 9.96. The van der Waals surface area contributed by atoms with Crippen molar-refractivity contribution < 1.29 is 14.0 Å². The molecule has 1 N–H and O–H groups in total. The van der Waals surface area contributed by atoms with Crippen molar-refractivity contribution in [3.63, 3.8) is 0 Å². The second-order valence-corrected chi connectivity index (χ2v) is 7.21. The number of imide groups is 1. The highest BCUT2D eigenvalue weighted by molar-refractivity contribution is 6.26. The van der Waals surface area contributed by atoms with Gasteiger partial charge in [-0.05, 0) is 54.2 Å². The molecule has 0 radical (unpaired) electrons. The van der Waals surface area contributed by atoms with Gasteiger partial charge in [0.25, 0.3) is 11.8 Å². The molecule has 2 aromatic carbocycles. The van der Waals surface area contributed by atoms with E-state index in [0.29, 0.717) is 24.2 Å². The van der Waals surface area contributed by atoms with E-state index in [1.165, 1.54) is 24.7 Å². The number of allylic oxidation sites excluding steroid dienone is 1. The van der Waals surface area contributed by atoms with Crippen molar-refractivity contribution in [2.45, 2.75) is 27.2 Å². The summed E-state index contributed by atoms with van der Waals surface area (Å²) in [6.45, 7) is 2.49. The summed E-state index contributed by atoms with van der Waals surface area (Å²) in [6, 6.07) is 14.3. The highest BCUT2D eigenvalue weighted by atomic mass is 19.1. The van der Waals surface area contributed by atoms with Crippen LogP contribution < -0.4 is 5.32 Å². The summed E-state index contributed by atoms with van der Waals surface area (Å²) in [7, 11) is 1.51. The quantitative estimate of drug-likeness (QED) is 0.786. The van der Waals surface area contributed by atoms with Gasteiger partial charge in [0.15, 0.2) is 0 Å². The number of carbonyl (C=O) groups excluding carboxylic acids is 2. The van der Waals surface area contributed by atoms with Crippen LogP contribution in [-0.2, 0) is 22.4 Å². The maximum Gasteiger partial charge on any atom is 0.277 e. The predicted octanol–water partition coefficient (Wildman–Crippen LogP) is 3.88. The van der Waals surface area contributed by atoms with Gasteiger partial charge in [0.2, 0.25) is 0 Å². The van der Waals surface area contributed by atoms with E-state index in [2.05, 4.69) is 11.4 Å². The molecule has 0 saturated heterocycles. The normalized spacial score (nSPS) is 15.8. The van der Waals surface area contributed by atoms with Gasteiger partial charge in [-0.15, -0.1) is 0 Å². The minimum absolute atomic E-state index is 0. The van der Waals surface area contributed by atoms with Crippen LogP contribution >= 0.6 is 0 Å². The molecule has 150 valence electrons. The number of likely N-dealkylation sites (N-methyl/N-ethyl adjacent to an activating group) is 1. The largest absolute Gasteiger partial charge is 0.380 e. The third-order valence-electron chi connectivity index (χ3n) is 5.33. The van der Waals surface area contributed by atoms with E-state index < -0.39 is 0 Å². The summed E-state index contributed by atoms with van der Waals surface area (Å²) in [5.74, 6) is -0.869. The zero-order valence-corrected chi connectivity index (χ0v) is 15.9. The molecule has 2 aromatic rings. The zero-order chi connectivity index (χ0) is 19.8. The molecule has 2 aliphatic rings. The average Bonchev–Trinajstić information content (AvgIpc) is 3.12. The Morgan fingerprint density at radius 1 is 1.00 bits per heavy atom. The molecule has 0 aromatic heterocycles. The molecule has 0 saturated carbocycles. The van der Waals surface area contributed by atoms with Gasteiger partial charge < -0.3 is 5.32 Å². The van der Waals surface area contributed by atoms with Crippen molar-refractivity contribution in [3.8, 4) is 0 Å². The number of nitrogens with zero attached hydrogens (tertiary/aromatic N) is 1. The van der Waals surface area contributed by atoms with E-state index in [1.54, 1.807) is 12.1 Å². The van der Waals surface area contributed by atoms with Crippen molar-refractivity contribution in [3.05, 3.63) is 87.9 Å². The maximum absolute atomic E-state index is 13.1. The molecule has 0 bridgehead atoms. The van der Waals surface area contributed by atoms with Gasteiger partial charge in [0.1, 0.15) is 11.5 Å². The SMILES string of the molecule is C.CC1=C(C2=C(NCCc3ccc(F)cc3)C(=O)N(C)C2=O)c2ccccc2C1. The van der Waals surface area contributed by atoms with Crippen molar-refractivity contribution in [2.75, 3.05) is 13.6 Å². The summed E-state index contributed by atoms with van der Waals surface area (Å²) >= 11 is 0. The number of carbonyl (C=O) groups is 2. The highest BCUT2D eigenvalue weighted by Gasteiger charge is 2.40. The van der Waals surface area contributed by atoms with E-state index in [4.69, 9.17) is 0 Å². The molecular weight excluding hydrogens is 367 g/mol. The van der Waals surface area contributed by atoms with Crippen molar-refractivity contribution >= 4 is 17.4 Å². The first-order valence-electron chi connectivity index (χ1n) is 9.30. The summed E-state index contributed by atoms with van der Waals surface area (Å²) in [5.41, 5.74) is 5.90. The first-order valence-corrected chi connectivity index (χ1v) is 9.30. The molecule has 0 fully saturated rings. The Balaban J connectivity index is 0.00000240. The van der Waals surface area contributed by atoms with Crippen LogP contribution in [0.5, 0.6) is 0 Å². The number of hydrogen-bond donors (Lipinski definition) is 1. The van der Waals surface area contributed by atoms with Crippen molar-refractivity contribution in [1.82, 2.24) is 10.2 Å². The van der Waals surface area contributed by atoms with Gasteiger partial charge in [0.05, 0.1) is 5.57 Å². The van der Waals surface area contributed by atoms with Crippen molar-refractivity contribution in [1.29, 1.82) is 0 Å². The van der Waals surface area contributed by atoms with Gasteiger partial charge in [-0.2, -0.15) is 0 Å². The first-order chi connectivity index (χ1) is 13.5. The second kappa shape index (κ2) is 8.03. The number of rotatable bonds is 5. The second-order valence-electron chi connectivity index (χ2n) is 7.21. The Kier molecular flexibility index (Phi) is 5.69. The Labute approximate surface area is 170 Å². The zero-order valence-electron chi connectivity index (χ0n) is 15.9. The molecule has 1 aliphatic carbocycles. The lowest BCUT2D eigenvalue weighted by molar-refractivity contribution is -0.135. The van der Waals surface area contributed by atoms with E-state index in [9.17, 15) is 14.0 Å². The minimum Gasteiger partial charge on any atom is -0.380 e. The predicted molar refractivity (Wildman–Crippen MR) is 112 cm³/mol. The van der Waals surface area contributed by atoms with Crippen LogP contribution in [0, 0.1) is 5.82 Å². The van der Waals surface area contributed by atoms with Gasteiger partial charge in [-0.1, -0.05) is 49.4 Å². The van der Waals surface area contributed by atoms with E-state index in [-0.39, 0.29) is 25.1 Å². The summed E-state index contributed by atoms with van der Waals surface area (Å²) < 4.78 is 13.1. The molecular formula is C24H25FN2O2. The Morgan fingerprint density at radius 2 is 1.69 bits per heavy atom. The van der Waals surface area contributed by atoms with Crippen LogP contribution in [0.2, 0.25) is 0 Å². The number of halogens is 1. The van der Waals surface area contributed by atoms with Crippen LogP contribution in [0.15, 0.2) is 65.4 Å². The van der Waals surface area contributed by atoms with Crippen LogP contribution in [0.4, 0.5) is 4.39 Å². The van der Waals surface area contributed by atoms with Gasteiger partial charge >= 0.3 is 0 Å². The van der Waals surface area contributed by atoms with Gasteiger partial charge in [0, 0.05) is 13.6 Å². The number of hydrogen-bond acceptors (Lipinski definition) is 3. The Morgan fingerprint density at radius 3 is 2.41 bits per heavy atom. The fourth-order valence-electron chi connectivity index (χ4n) is 3.89. The third kappa shape index (κ3) is 3.60. The Hall–Kier alpha value is -3.21. The number of benzene rings is 2. The molecule has 2 amide bonds. The van der Waals surface area contributed by atoms with Crippen LogP contribution in [0.25, 0.3) is 5.57 Å². The van der Waals surface area contributed by atoms with E-state index >= 15 is 0 Å². The van der Waals surface area contributed by atoms with Crippen LogP contribution in [0.1, 0.15) is 31.0 Å². The standard InChI is InChI=1S/C23H21FN2O2.CH4/c1-14-13-16-5-3-4-6-18(16)19(14)20-21(23(28)26(2)22(20)27)25-12-11-15-7-9-17(24)10-8-15;/h3-10,25H,11-13H2,1-2H3;1H4. The molecule has 0 unspecified atom stereocenters. The number of amides is 2. The van der Waals surface area contributed by atoms with Gasteiger partial charge in [-0.3, -0.25) is 14.5 Å². The smallest absolute Gasteiger partial charge is 0.277 e. The van der Waals surface area contributed by atoms with E-state index in [1.807, 2.05) is 25.1 Å². The first kappa shape index (κ1) is 20.5. The van der Waals surface area contributed by atoms with Crippen LogP contribution in [0.3, 0.4) is 0 Å². The lowest BCUT2D eigenvalue weighted by Crippen LogP contribution is -2.30. The monoisotopic (exact) mass is 392 g/mol.